The Bertz CT molecular complexity index is 506. The van der Waals surface area contributed by atoms with Gasteiger partial charge in [0.05, 0.1) is 32.3 Å². The Morgan fingerprint density at radius 1 is 1.15 bits per heavy atom. The van der Waals surface area contributed by atoms with Crippen molar-refractivity contribution in [1.29, 1.82) is 0 Å². The molecule has 1 amide bonds. The number of benzene rings is 1. The Hall–Kier alpha value is -1.62. The molecule has 0 spiro atoms. The standard InChI is InChI=1S/C14H18ClNO4/c1-18-11-7-13(20-3)12(19-2)6-10(11)14(17)16-5-4-9(15)8-16/h6-7,9H,4-5,8H2,1-3H3. The van der Waals surface area contributed by atoms with E-state index >= 15 is 0 Å². The molecule has 1 atom stereocenters. The first-order valence-corrected chi connectivity index (χ1v) is 6.77. The molecule has 20 heavy (non-hydrogen) atoms. The molecule has 110 valence electrons. The number of alkyl halides is 1. The van der Waals surface area contributed by atoms with Crippen molar-refractivity contribution in [2.75, 3.05) is 34.4 Å². The number of amides is 1. The van der Waals surface area contributed by atoms with E-state index in [1.807, 2.05) is 0 Å². The van der Waals surface area contributed by atoms with E-state index < -0.39 is 0 Å². The minimum absolute atomic E-state index is 0.0186. The zero-order chi connectivity index (χ0) is 14.7. The molecule has 1 aromatic carbocycles. The largest absolute Gasteiger partial charge is 0.496 e. The summed E-state index contributed by atoms with van der Waals surface area (Å²) in [5, 5.41) is 0.0186. The zero-order valence-electron chi connectivity index (χ0n) is 11.8. The van der Waals surface area contributed by atoms with E-state index in [9.17, 15) is 4.79 Å². The highest BCUT2D eigenvalue weighted by Gasteiger charge is 2.28. The molecule has 0 radical (unpaired) electrons. The van der Waals surface area contributed by atoms with Crippen LogP contribution in [0.25, 0.3) is 0 Å². The van der Waals surface area contributed by atoms with E-state index in [1.54, 1.807) is 17.0 Å². The lowest BCUT2D eigenvalue weighted by Gasteiger charge is -2.19. The number of rotatable bonds is 4. The minimum Gasteiger partial charge on any atom is -0.496 e. The summed E-state index contributed by atoms with van der Waals surface area (Å²) in [7, 11) is 4.59. The molecule has 6 heteroatoms. The van der Waals surface area contributed by atoms with Crippen LogP contribution in [-0.2, 0) is 0 Å². The Labute approximate surface area is 123 Å². The van der Waals surface area contributed by atoms with Crippen molar-refractivity contribution in [2.24, 2.45) is 0 Å². The van der Waals surface area contributed by atoms with Crippen LogP contribution < -0.4 is 14.2 Å². The Kier molecular flexibility index (Phi) is 4.60. The summed E-state index contributed by atoms with van der Waals surface area (Å²) in [5.74, 6) is 1.38. The lowest BCUT2D eigenvalue weighted by Crippen LogP contribution is -2.29. The van der Waals surface area contributed by atoms with E-state index in [1.165, 1.54) is 21.3 Å². The number of hydrogen-bond donors (Lipinski definition) is 0. The van der Waals surface area contributed by atoms with Crippen molar-refractivity contribution in [3.8, 4) is 17.2 Å². The third-order valence-electron chi connectivity index (χ3n) is 3.35. The van der Waals surface area contributed by atoms with Crippen LogP contribution in [0.5, 0.6) is 17.2 Å². The first kappa shape index (κ1) is 14.8. The molecular weight excluding hydrogens is 282 g/mol. The van der Waals surface area contributed by atoms with E-state index in [0.717, 1.165) is 6.42 Å². The van der Waals surface area contributed by atoms with E-state index in [4.69, 9.17) is 25.8 Å². The van der Waals surface area contributed by atoms with Crippen LogP contribution >= 0.6 is 11.6 Å². The number of ether oxygens (including phenoxy) is 3. The average molecular weight is 300 g/mol. The lowest BCUT2D eigenvalue weighted by molar-refractivity contribution is 0.0789. The highest BCUT2D eigenvalue weighted by Crippen LogP contribution is 2.35. The van der Waals surface area contributed by atoms with Gasteiger partial charge < -0.3 is 19.1 Å². The summed E-state index contributed by atoms with van der Waals surface area (Å²) in [6.45, 7) is 1.21. The number of hydrogen-bond acceptors (Lipinski definition) is 4. The number of halogens is 1. The predicted molar refractivity (Wildman–Crippen MR) is 76.3 cm³/mol. The van der Waals surface area contributed by atoms with Gasteiger partial charge in [-0.2, -0.15) is 0 Å². The fourth-order valence-corrected chi connectivity index (χ4v) is 2.53. The number of carbonyl (C=O) groups excluding carboxylic acids is 1. The molecule has 1 aliphatic rings. The maximum Gasteiger partial charge on any atom is 0.257 e. The van der Waals surface area contributed by atoms with Crippen molar-refractivity contribution >= 4 is 17.5 Å². The Balaban J connectivity index is 2.36. The van der Waals surface area contributed by atoms with Gasteiger partial charge in [-0.3, -0.25) is 4.79 Å². The van der Waals surface area contributed by atoms with Gasteiger partial charge in [0.15, 0.2) is 11.5 Å². The van der Waals surface area contributed by atoms with Crippen LogP contribution in [0.1, 0.15) is 16.8 Å². The molecule has 1 saturated heterocycles. The molecule has 0 bridgehead atoms. The fourth-order valence-electron chi connectivity index (χ4n) is 2.27. The second kappa shape index (κ2) is 6.22. The van der Waals surface area contributed by atoms with Crippen molar-refractivity contribution in [2.45, 2.75) is 11.8 Å². The lowest BCUT2D eigenvalue weighted by atomic mass is 10.1. The predicted octanol–water partition coefficient (Wildman–Crippen LogP) is 2.17. The third-order valence-corrected chi connectivity index (χ3v) is 3.71. The molecule has 1 aliphatic heterocycles. The maximum atomic E-state index is 12.5. The fraction of sp³-hybridized carbons (Fsp3) is 0.500. The van der Waals surface area contributed by atoms with Gasteiger partial charge in [0.2, 0.25) is 0 Å². The third kappa shape index (κ3) is 2.77. The molecule has 5 nitrogen and oxygen atoms in total. The van der Waals surface area contributed by atoms with Crippen LogP contribution in [-0.4, -0.2) is 50.6 Å². The van der Waals surface area contributed by atoms with Gasteiger partial charge in [-0.1, -0.05) is 0 Å². The molecule has 0 aliphatic carbocycles. The molecule has 1 fully saturated rings. The average Bonchev–Trinajstić information content (AvgIpc) is 2.91. The van der Waals surface area contributed by atoms with Gasteiger partial charge in [0.1, 0.15) is 5.75 Å². The summed E-state index contributed by atoms with van der Waals surface area (Å²) in [6.07, 6.45) is 0.808. The van der Waals surface area contributed by atoms with E-state index in [-0.39, 0.29) is 11.3 Å². The summed E-state index contributed by atoms with van der Waals surface area (Å²) in [4.78, 5) is 14.3. The number of carbonyl (C=O) groups is 1. The maximum absolute atomic E-state index is 12.5. The van der Waals surface area contributed by atoms with Crippen LogP contribution in [0.15, 0.2) is 12.1 Å². The minimum atomic E-state index is -0.106. The van der Waals surface area contributed by atoms with Crippen LogP contribution in [0.4, 0.5) is 0 Å². The summed E-state index contributed by atoms with van der Waals surface area (Å²) < 4.78 is 15.7. The van der Waals surface area contributed by atoms with Crippen molar-refractivity contribution in [3.05, 3.63) is 17.7 Å². The van der Waals surface area contributed by atoms with Gasteiger partial charge in [-0.05, 0) is 6.42 Å². The molecule has 0 N–H and O–H groups in total. The molecule has 1 heterocycles. The first-order chi connectivity index (χ1) is 9.60. The Morgan fingerprint density at radius 3 is 2.25 bits per heavy atom. The van der Waals surface area contributed by atoms with Gasteiger partial charge in [-0.25, -0.2) is 0 Å². The van der Waals surface area contributed by atoms with Gasteiger partial charge in [0, 0.05) is 25.2 Å². The highest BCUT2D eigenvalue weighted by atomic mass is 35.5. The highest BCUT2D eigenvalue weighted by molar-refractivity contribution is 6.21. The topological polar surface area (TPSA) is 48.0 Å². The van der Waals surface area contributed by atoms with Gasteiger partial charge >= 0.3 is 0 Å². The van der Waals surface area contributed by atoms with Crippen LogP contribution in [0.3, 0.4) is 0 Å². The number of methoxy groups -OCH3 is 3. The van der Waals surface area contributed by atoms with Crippen LogP contribution in [0.2, 0.25) is 0 Å². The molecule has 1 aromatic rings. The van der Waals surface area contributed by atoms with Crippen LogP contribution in [0, 0.1) is 0 Å². The zero-order valence-corrected chi connectivity index (χ0v) is 12.6. The van der Waals surface area contributed by atoms with Crippen molar-refractivity contribution in [3.63, 3.8) is 0 Å². The number of likely N-dealkylation sites (tertiary alicyclic amines) is 1. The summed E-state index contributed by atoms with van der Waals surface area (Å²) in [5.41, 5.74) is 0.455. The molecule has 0 aromatic heterocycles. The SMILES string of the molecule is COc1cc(OC)c(C(=O)N2CCC(Cl)C2)cc1OC. The van der Waals surface area contributed by atoms with Crippen molar-refractivity contribution in [1.82, 2.24) is 4.90 Å². The number of nitrogens with zero attached hydrogens (tertiary/aromatic N) is 1. The second-order valence-corrected chi connectivity index (χ2v) is 5.16. The first-order valence-electron chi connectivity index (χ1n) is 6.34. The van der Waals surface area contributed by atoms with Gasteiger partial charge in [0.25, 0.3) is 5.91 Å². The van der Waals surface area contributed by atoms with E-state index in [0.29, 0.717) is 35.9 Å². The van der Waals surface area contributed by atoms with Gasteiger partial charge in [-0.15, -0.1) is 11.6 Å². The summed E-state index contributed by atoms with van der Waals surface area (Å²) in [6, 6.07) is 3.29. The Morgan fingerprint density at radius 2 is 1.75 bits per heavy atom. The molecular formula is C14H18ClNO4. The molecule has 2 rings (SSSR count). The normalized spacial score (nSPS) is 18.0. The molecule has 0 saturated carbocycles. The summed E-state index contributed by atoms with van der Waals surface area (Å²) >= 11 is 6.05. The molecule has 1 unspecified atom stereocenters. The van der Waals surface area contributed by atoms with Crippen molar-refractivity contribution < 1.29 is 19.0 Å². The second-order valence-electron chi connectivity index (χ2n) is 4.54. The monoisotopic (exact) mass is 299 g/mol. The quantitative estimate of drug-likeness (QED) is 0.800. The van der Waals surface area contributed by atoms with E-state index in [2.05, 4.69) is 0 Å². The smallest absolute Gasteiger partial charge is 0.257 e.